The zero-order valence-electron chi connectivity index (χ0n) is 13.5. The maximum atomic E-state index is 12.4. The molecule has 21 heavy (non-hydrogen) atoms. The molecule has 1 aromatic rings. The highest BCUT2D eigenvalue weighted by molar-refractivity contribution is 5.98. The van der Waals surface area contributed by atoms with E-state index < -0.39 is 0 Å². The number of nitrogens with one attached hydrogen (secondary N) is 2. The number of pyridine rings is 1. The van der Waals surface area contributed by atoms with E-state index >= 15 is 0 Å². The lowest BCUT2D eigenvalue weighted by atomic mass is 10.0. The van der Waals surface area contributed by atoms with Gasteiger partial charge in [0.2, 0.25) is 0 Å². The standard InChI is InChI=1S/C16H26N4O/c1-11(2)10-18-15-13(16(21)20(3)4)9-12-5-7-17-8-6-14(12)19-15/h9,11,17H,5-8,10H2,1-4H3,(H,18,19). The molecule has 0 aliphatic carbocycles. The predicted molar refractivity (Wildman–Crippen MR) is 85.9 cm³/mol. The van der Waals surface area contributed by atoms with Crippen molar-refractivity contribution in [2.75, 3.05) is 39.0 Å². The van der Waals surface area contributed by atoms with Gasteiger partial charge in [0.25, 0.3) is 5.91 Å². The van der Waals surface area contributed by atoms with Gasteiger partial charge in [-0.05, 0) is 30.5 Å². The van der Waals surface area contributed by atoms with E-state index in [1.165, 1.54) is 5.56 Å². The number of rotatable bonds is 4. The topological polar surface area (TPSA) is 57.3 Å². The predicted octanol–water partition coefficient (Wildman–Crippen LogP) is 1.54. The van der Waals surface area contributed by atoms with E-state index in [0.29, 0.717) is 11.5 Å². The molecule has 5 heteroatoms. The number of hydrogen-bond donors (Lipinski definition) is 2. The molecule has 0 saturated heterocycles. The lowest BCUT2D eigenvalue weighted by Gasteiger charge is -2.18. The molecule has 0 fully saturated rings. The highest BCUT2D eigenvalue weighted by Gasteiger charge is 2.19. The fraction of sp³-hybridized carbons (Fsp3) is 0.625. The first-order valence-corrected chi connectivity index (χ1v) is 7.68. The Morgan fingerprint density at radius 2 is 2.10 bits per heavy atom. The van der Waals surface area contributed by atoms with E-state index in [1.54, 1.807) is 19.0 Å². The summed E-state index contributed by atoms with van der Waals surface area (Å²) in [5.41, 5.74) is 2.99. The Balaban J connectivity index is 2.39. The summed E-state index contributed by atoms with van der Waals surface area (Å²) in [7, 11) is 3.56. The van der Waals surface area contributed by atoms with Crippen LogP contribution in [0.4, 0.5) is 5.82 Å². The molecular formula is C16H26N4O. The van der Waals surface area contributed by atoms with Crippen LogP contribution in [-0.2, 0) is 12.8 Å². The van der Waals surface area contributed by atoms with Crippen molar-refractivity contribution in [2.45, 2.75) is 26.7 Å². The third-order valence-corrected chi connectivity index (χ3v) is 3.62. The molecule has 1 aliphatic heterocycles. The first-order valence-electron chi connectivity index (χ1n) is 7.68. The average molecular weight is 290 g/mol. The lowest BCUT2D eigenvalue weighted by molar-refractivity contribution is 0.0828. The first kappa shape index (κ1) is 15.8. The van der Waals surface area contributed by atoms with Gasteiger partial charge >= 0.3 is 0 Å². The maximum absolute atomic E-state index is 12.4. The van der Waals surface area contributed by atoms with Gasteiger partial charge in [-0.25, -0.2) is 4.98 Å². The third-order valence-electron chi connectivity index (χ3n) is 3.62. The van der Waals surface area contributed by atoms with Crippen LogP contribution in [-0.4, -0.2) is 49.5 Å². The molecule has 116 valence electrons. The van der Waals surface area contributed by atoms with E-state index in [9.17, 15) is 4.79 Å². The van der Waals surface area contributed by atoms with Crippen LogP contribution in [0.2, 0.25) is 0 Å². The minimum absolute atomic E-state index is 0.00811. The summed E-state index contributed by atoms with van der Waals surface area (Å²) >= 11 is 0. The smallest absolute Gasteiger partial charge is 0.257 e. The van der Waals surface area contributed by atoms with Crippen LogP contribution >= 0.6 is 0 Å². The summed E-state index contributed by atoms with van der Waals surface area (Å²) in [6.07, 6.45) is 1.85. The summed E-state index contributed by atoms with van der Waals surface area (Å²) in [5, 5.41) is 6.72. The molecule has 0 bridgehead atoms. The molecule has 0 unspecified atom stereocenters. The molecular weight excluding hydrogens is 264 g/mol. The number of carbonyl (C=O) groups is 1. The van der Waals surface area contributed by atoms with Gasteiger partial charge in [0.05, 0.1) is 5.56 Å². The van der Waals surface area contributed by atoms with E-state index in [4.69, 9.17) is 4.98 Å². The molecule has 5 nitrogen and oxygen atoms in total. The molecule has 0 spiro atoms. The van der Waals surface area contributed by atoms with Gasteiger partial charge in [0.1, 0.15) is 5.82 Å². The highest BCUT2D eigenvalue weighted by Crippen LogP contribution is 2.21. The Kier molecular flexibility index (Phi) is 5.17. The Morgan fingerprint density at radius 1 is 1.38 bits per heavy atom. The van der Waals surface area contributed by atoms with Crippen molar-refractivity contribution in [1.29, 1.82) is 0 Å². The van der Waals surface area contributed by atoms with Gasteiger partial charge in [-0.15, -0.1) is 0 Å². The van der Waals surface area contributed by atoms with E-state index in [0.717, 1.165) is 44.0 Å². The minimum atomic E-state index is 0.00811. The molecule has 1 aliphatic rings. The van der Waals surface area contributed by atoms with E-state index in [2.05, 4.69) is 24.5 Å². The monoisotopic (exact) mass is 290 g/mol. The van der Waals surface area contributed by atoms with Crippen LogP contribution in [0.1, 0.15) is 35.5 Å². The van der Waals surface area contributed by atoms with Gasteiger partial charge in [0.15, 0.2) is 0 Å². The number of nitrogens with zero attached hydrogens (tertiary/aromatic N) is 2. The number of anilines is 1. The largest absolute Gasteiger partial charge is 0.369 e. The van der Waals surface area contributed by atoms with Crippen LogP contribution in [0.3, 0.4) is 0 Å². The van der Waals surface area contributed by atoms with Crippen molar-refractivity contribution in [1.82, 2.24) is 15.2 Å². The first-order chi connectivity index (χ1) is 9.99. The summed E-state index contributed by atoms with van der Waals surface area (Å²) in [6.45, 7) is 7.01. The van der Waals surface area contributed by atoms with Gasteiger partial charge in [-0.3, -0.25) is 4.79 Å². The van der Waals surface area contributed by atoms with Crippen molar-refractivity contribution in [3.05, 3.63) is 22.9 Å². The Morgan fingerprint density at radius 3 is 2.76 bits per heavy atom. The summed E-state index contributed by atoms with van der Waals surface area (Å²) in [4.78, 5) is 18.8. The normalized spacial score (nSPS) is 14.5. The number of amides is 1. The van der Waals surface area contributed by atoms with Gasteiger partial charge < -0.3 is 15.5 Å². The fourth-order valence-corrected chi connectivity index (χ4v) is 2.42. The molecule has 0 atom stereocenters. The van der Waals surface area contributed by atoms with Crippen molar-refractivity contribution in [3.8, 4) is 0 Å². The Labute approximate surface area is 127 Å². The van der Waals surface area contributed by atoms with Crippen LogP contribution in [0.15, 0.2) is 6.07 Å². The zero-order valence-corrected chi connectivity index (χ0v) is 13.5. The molecule has 0 saturated carbocycles. The van der Waals surface area contributed by atoms with Crippen molar-refractivity contribution < 1.29 is 4.79 Å². The molecule has 1 aromatic heterocycles. The van der Waals surface area contributed by atoms with Crippen LogP contribution < -0.4 is 10.6 Å². The van der Waals surface area contributed by atoms with E-state index in [1.807, 2.05) is 6.07 Å². The summed E-state index contributed by atoms with van der Waals surface area (Å²) < 4.78 is 0. The molecule has 2 N–H and O–H groups in total. The zero-order chi connectivity index (χ0) is 15.4. The number of fused-ring (bicyclic) bond motifs is 1. The van der Waals surface area contributed by atoms with Crippen molar-refractivity contribution >= 4 is 11.7 Å². The Hall–Kier alpha value is -1.62. The van der Waals surface area contributed by atoms with Crippen molar-refractivity contribution in [3.63, 3.8) is 0 Å². The molecule has 2 heterocycles. The van der Waals surface area contributed by atoms with Gasteiger partial charge in [-0.1, -0.05) is 13.8 Å². The van der Waals surface area contributed by atoms with Crippen LogP contribution in [0, 0.1) is 5.92 Å². The fourth-order valence-electron chi connectivity index (χ4n) is 2.42. The Bertz CT molecular complexity index is 511. The average Bonchev–Trinajstić information content (AvgIpc) is 2.67. The number of carbonyl (C=O) groups excluding carboxylic acids is 1. The van der Waals surface area contributed by atoms with E-state index in [-0.39, 0.29) is 5.91 Å². The highest BCUT2D eigenvalue weighted by atomic mass is 16.2. The summed E-state index contributed by atoms with van der Waals surface area (Å²) in [6, 6.07) is 2.03. The van der Waals surface area contributed by atoms with Crippen molar-refractivity contribution in [2.24, 2.45) is 5.92 Å². The van der Waals surface area contributed by atoms with Gasteiger partial charge in [-0.2, -0.15) is 0 Å². The summed E-state index contributed by atoms with van der Waals surface area (Å²) in [5.74, 6) is 1.24. The van der Waals surface area contributed by atoms with Crippen LogP contribution in [0.5, 0.6) is 0 Å². The molecule has 1 amide bonds. The number of aromatic nitrogens is 1. The molecule has 0 radical (unpaired) electrons. The third kappa shape index (κ3) is 3.94. The maximum Gasteiger partial charge on any atom is 0.257 e. The second kappa shape index (κ2) is 6.89. The second-order valence-corrected chi connectivity index (χ2v) is 6.21. The molecule has 2 rings (SSSR count). The van der Waals surface area contributed by atoms with Crippen LogP contribution in [0.25, 0.3) is 0 Å². The van der Waals surface area contributed by atoms with Gasteiger partial charge in [0, 0.05) is 39.3 Å². The SMILES string of the molecule is CC(C)CNc1nc2c(cc1C(=O)N(C)C)CCNCC2. The lowest BCUT2D eigenvalue weighted by Crippen LogP contribution is -2.25. The quantitative estimate of drug-likeness (QED) is 0.883. The number of hydrogen-bond acceptors (Lipinski definition) is 4. The molecule has 0 aromatic carbocycles. The minimum Gasteiger partial charge on any atom is -0.369 e. The second-order valence-electron chi connectivity index (χ2n) is 6.21.